The molecule has 12 nitrogen and oxygen atoms in total. The second-order valence-electron chi connectivity index (χ2n) is 7.79. The van der Waals surface area contributed by atoms with Crippen LogP contribution in [-0.4, -0.2) is 66.0 Å². The number of nitrogens with zero attached hydrogens (tertiary/aromatic N) is 1. The molecule has 0 aliphatic carbocycles. The first-order valence-electron chi connectivity index (χ1n) is 10.5. The van der Waals surface area contributed by atoms with Gasteiger partial charge in [0.15, 0.2) is 17.8 Å². The van der Waals surface area contributed by atoms with Crippen LogP contribution in [0.4, 0.5) is 0 Å². The molecule has 1 aliphatic heterocycles. The number of benzene rings is 1. The van der Waals surface area contributed by atoms with E-state index < -0.39 is 54.5 Å². The highest BCUT2D eigenvalue weighted by molar-refractivity contribution is 5.74. The summed E-state index contributed by atoms with van der Waals surface area (Å²) in [6.45, 7) is 6.31. The number of fused-ring (bicyclic) bond motifs is 1. The highest BCUT2D eigenvalue weighted by atomic mass is 16.7. The number of carbonyl (C=O) groups excluding carboxylic acids is 4. The lowest BCUT2D eigenvalue weighted by molar-refractivity contribution is -0.259. The Morgan fingerprint density at radius 1 is 1.00 bits per heavy atom. The Morgan fingerprint density at radius 3 is 2.29 bits per heavy atom. The predicted molar refractivity (Wildman–Crippen MR) is 113 cm³/mol. The summed E-state index contributed by atoms with van der Waals surface area (Å²) in [7, 11) is 0. The van der Waals surface area contributed by atoms with Crippen molar-refractivity contribution >= 4 is 34.9 Å². The van der Waals surface area contributed by atoms with Gasteiger partial charge in [0.1, 0.15) is 24.3 Å². The minimum atomic E-state index is -1.31. The highest BCUT2D eigenvalue weighted by Crippen LogP contribution is 2.30. The largest absolute Gasteiger partial charge is 0.463 e. The van der Waals surface area contributed by atoms with Crippen LogP contribution < -0.4 is 10.1 Å². The maximum atomic E-state index is 12.0. The van der Waals surface area contributed by atoms with Gasteiger partial charge < -0.3 is 33.4 Å². The molecule has 1 fully saturated rings. The van der Waals surface area contributed by atoms with Crippen molar-refractivity contribution in [2.24, 2.45) is 0 Å². The van der Waals surface area contributed by atoms with Gasteiger partial charge in [-0.25, -0.2) is 0 Å². The Kier molecular flexibility index (Phi) is 7.72. The fourth-order valence-corrected chi connectivity index (χ4v) is 3.56. The molecule has 5 atom stereocenters. The Balaban J connectivity index is 1.98. The molecule has 1 aromatic heterocycles. The lowest BCUT2D eigenvalue weighted by Crippen LogP contribution is -2.67. The molecular formula is C22H26N2O10. The van der Waals surface area contributed by atoms with E-state index in [1.54, 1.807) is 12.1 Å². The Hall–Kier alpha value is -3.67. The van der Waals surface area contributed by atoms with Crippen molar-refractivity contribution in [2.75, 3.05) is 6.61 Å². The van der Waals surface area contributed by atoms with Gasteiger partial charge in [0.25, 0.3) is 0 Å². The minimum absolute atomic E-state index is 0.167. The molecule has 0 bridgehead atoms. The SMILES string of the molecule is CC(=O)N[C@@H]1[C@H](Oc2nc3cc(C)ccc3o2)O[C@H](COC(C)=O)[C@H](OC(C)=O)[C@@H]1OC(C)=O. The van der Waals surface area contributed by atoms with Crippen molar-refractivity contribution in [1.82, 2.24) is 10.3 Å². The summed E-state index contributed by atoms with van der Waals surface area (Å²) in [5, 5.41) is 2.60. The molecule has 0 unspecified atom stereocenters. The number of aromatic nitrogens is 1. The first-order valence-corrected chi connectivity index (χ1v) is 10.5. The van der Waals surface area contributed by atoms with Gasteiger partial charge in [0, 0.05) is 27.7 Å². The maximum absolute atomic E-state index is 12.0. The Bertz CT molecular complexity index is 1080. The third-order valence-electron chi connectivity index (χ3n) is 4.81. The number of ether oxygens (including phenoxy) is 5. The number of rotatable bonds is 7. The molecule has 0 spiro atoms. The number of amides is 1. The van der Waals surface area contributed by atoms with Gasteiger partial charge >= 0.3 is 24.0 Å². The Labute approximate surface area is 194 Å². The van der Waals surface area contributed by atoms with Gasteiger partial charge in [-0.15, -0.1) is 0 Å². The number of hydrogen-bond donors (Lipinski definition) is 1. The van der Waals surface area contributed by atoms with Crippen molar-refractivity contribution in [1.29, 1.82) is 0 Å². The van der Waals surface area contributed by atoms with Crippen molar-refractivity contribution in [2.45, 2.75) is 65.3 Å². The smallest absolute Gasteiger partial charge is 0.397 e. The highest BCUT2D eigenvalue weighted by Gasteiger charge is 2.52. The molecule has 0 saturated carbocycles. The summed E-state index contributed by atoms with van der Waals surface area (Å²) in [5.41, 5.74) is 1.95. The lowest BCUT2D eigenvalue weighted by Gasteiger charge is -2.44. The van der Waals surface area contributed by atoms with E-state index in [0.29, 0.717) is 11.1 Å². The van der Waals surface area contributed by atoms with Crippen molar-refractivity contribution < 1.29 is 47.3 Å². The third-order valence-corrected chi connectivity index (χ3v) is 4.81. The van der Waals surface area contributed by atoms with E-state index in [-0.39, 0.29) is 12.7 Å². The second kappa shape index (κ2) is 10.5. The molecule has 34 heavy (non-hydrogen) atoms. The number of esters is 3. The molecule has 184 valence electrons. The van der Waals surface area contributed by atoms with E-state index in [0.717, 1.165) is 19.4 Å². The zero-order valence-electron chi connectivity index (χ0n) is 19.4. The fourth-order valence-electron chi connectivity index (χ4n) is 3.56. The summed E-state index contributed by atoms with van der Waals surface area (Å²) in [6, 6.07) is 4.22. The van der Waals surface area contributed by atoms with Crippen molar-refractivity contribution in [3.8, 4) is 6.08 Å². The molecule has 12 heteroatoms. The van der Waals surface area contributed by atoms with E-state index in [4.69, 9.17) is 28.1 Å². The quantitative estimate of drug-likeness (QED) is 0.451. The van der Waals surface area contributed by atoms with Crippen molar-refractivity contribution in [3.63, 3.8) is 0 Å². The van der Waals surface area contributed by atoms with Gasteiger partial charge in [-0.05, 0) is 24.6 Å². The van der Waals surface area contributed by atoms with Crippen LogP contribution in [0.5, 0.6) is 6.08 Å². The molecule has 3 rings (SSSR count). The van der Waals surface area contributed by atoms with Gasteiger partial charge in [-0.2, -0.15) is 4.98 Å². The molecule has 1 N–H and O–H groups in total. The maximum Gasteiger partial charge on any atom is 0.397 e. The zero-order chi connectivity index (χ0) is 25.0. The molecule has 1 saturated heterocycles. The molecular weight excluding hydrogens is 452 g/mol. The third kappa shape index (κ3) is 6.22. The van der Waals surface area contributed by atoms with E-state index in [9.17, 15) is 19.2 Å². The number of aryl methyl sites for hydroxylation is 1. The number of oxazole rings is 1. The van der Waals surface area contributed by atoms with Crippen LogP contribution in [0.1, 0.15) is 33.3 Å². The van der Waals surface area contributed by atoms with Crippen LogP contribution >= 0.6 is 0 Å². The first kappa shape index (κ1) is 25.0. The molecule has 1 aromatic carbocycles. The first-order chi connectivity index (χ1) is 16.0. The summed E-state index contributed by atoms with van der Waals surface area (Å²) in [6.07, 6.45) is -5.03. The van der Waals surface area contributed by atoms with Crippen molar-refractivity contribution in [3.05, 3.63) is 23.8 Å². The van der Waals surface area contributed by atoms with Gasteiger partial charge in [-0.3, -0.25) is 19.2 Å². The van der Waals surface area contributed by atoms with Crippen LogP contribution in [0.3, 0.4) is 0 Å². The van der Waals surface area contributed by atoms with E-state index in [2.05, 4.69) is 10.3 Å². The van der Waals surface area contributed by atoms with Crippen LogP contribution in [0.2, 0.25) is 0 Å². The minimum Gasteiger partial charge on any atom is -0.463 e. The molecule has 1 aliphatic rings. The Morgan fingerprint density at radius 2 is 1.68 bits per heavy atom. The van der Waals surface area contributed by atoms with Crippen LogP contribution in [0.15, 0.2) is 22.6 Å². The standard InChI is InChI=1S/C22H26N2O10/c1-10-6-7-16-15(8-10)24-22(33-16)34-21-18(23-11(2)25)20(31-14(5)28)19(30-13(4)27)17(32-21)9-29-12(3)26/h6-8,17-21H,9H2,1-5H3,(H,23,25)/t17-,18+,19+,20-,21+/m1/s1. The monoisotopic (exact) mass is 478 g/mol. The molecule has 0 radical (unpaired) electrons. The lowest BCUT2D eigenvalue weighted by atomic mass is 9.96. The van der Waals surface area contributed by atoms with Crippen LogP contribution in [-0.2, 0) is 38.1 Å². The fraction of sp³-hybridized carbons (Fsp3) is 0.500. The van der Waals surface area contributed by atoms with Gasteiger partial charge in [-0.1, -0.05) is 6.07 Å². The van der Waals surface area contributed by atoms with E-state index in [1.165, 1.54) is 13.8 Å². The van der Waals surface area contributed by atoms with Crippen LogP contribution in [0, 0.1) is 6.92 Å². The number of hydrogen-bond acceptors (Lipinski definition) is 11. The second-order valence-corrected chi connectivity index (χ2v) is 7.79. The number of carbonyl (C=O) groups is 4. The normalized spacial score (nSPS) is 24.2. The molecule has 2 aromatic rings. The van der Waals surface area contributed by atoms with E-state index >= 15 is 0 Å². The molecule has 1 amide bonds. The van der Waals surface area contributed by atoms with Gasteiger partial charge in [0.2, 0.25) is 12.2 Å². The van der Waals surface area contributed by atoms with E-state index in [1.807, 2.05) is 13.0 Å². The zero-order valence-corrected chi connectivity index (χ0v) is 19.4. The average molecular weight is 478 g/mol. The van der Waals surface area contributed by atoms with Crippen LogP contribution in [0.25, 0.3) is 11.1 Å². The molecule has 2 heterocycles. The average Bonchev–Trinajstić information content (AvgIpc) is 3.11. The summed E-state index contributed by atoms with van der Waals surface area (Å²) in [5.74, 6) is -2.51. The summed E-state index contributed by atoms with van der Waals surface area (Å²) < 4.78 is 33.1. The topological polar surface area (TPSA) is 152 Å². The predicted octanol–water partition coefficient (Wildman–Crippen LogP) is 1.17. The summed E-state index contributed by atoms with van der Waals surface area (Å²) in [4.78, 5) is 51.3. The van der Waals surface area contributed by atoms with Gasteiger partial charge in [0.05, 0.1) is 0 Å². The number of nitrogens with one attached hydrogen (secondary N) is 1. The summed E-state index contributed by atoms with van der Waals surface area (Å²) >= 11 is 0.